The van der Waals surface area contributed by atoms with Gasteiger partial charge in [0.05, 0.1) is 5.69 Å². The Bertz CT molecular complexity index is 2800. The molecule has 3 heteroatoms. The summed E-state index contributed by atoms with van der Waals surface area (Å²) in [6, 6.07) is 60.2. The van der Waals surface area contributed by atoms with Crippen LogP contribution in [0.2, 0.25) is 0 Å². The Morgan fingerprint density at radius 2 is 1.04 bits per heavy atom. The van der Waals surface area contributed by atoms with Crippen LogP contribution in [0.1, 0.15) is 0 Å². The lowest BCUT2D eigenvalue weighted by Crippen LogP contribution is -2.10. The molecule has 8 aromatic carbocycles. The fraction of sp³-hybridized carbons (Fsp3) is 0. The molecule has 0 unspecified atom stereocenters. The van der Waals surface area contributed by atoms with Crippen LogP contribution < -0.4 is 4.90 Å². The lowest BCUT2D eigenvalue weighted by Gasteiger charge is -2.27. The van der Waals surface area contributed by atoms with E-state index in [1.54, 1.807) is 0 Å². The number of hydrogen-bond donors (Lipinski definition) is 0. The van der Waals surface area contributed by atoms with Crippen LogP contribution in [-0.4, -0.2) is 0 Å². The van der Waals surface area contributed by atoms with E-state index in [-0.39, 0.29) is 0 Å². The van der Waals surface area contributed by atoms with Gasteiger partial charge in [-0.15, -0.1) is 22.7 Å². The van der Waals surface area contributed by atoms with Crippen molar-refractivity contribution >= 4 is 102 Å². The van der Waals surface area contributed by atoms with Gasteiger partial charge in [0, 0.05) is 51.7 Å². The minimum absolute atomic E-state index is 1.14. The molecule has 0 bridgehead atoms. The molecule has 0 aliphatic heterocycles. The Hall–Kier alpha value is -5.48. The van der Waals surface area contributed by atoms with Crippen molar-refractivity contribution in [3.63, 3.8) is 0 Å². The summed E-state index contributed by atoms with van der Waals surface area (Å²) in [5, 5.41) is 10.3. The molecule has 0 amide bonds. The van der Waals surface area contributed by atoms with Crippen LogP contribution >= 0.6 is 22.7 Å². The van der Waals surface area contributed by atoms with E-state index in [2.05, 4.69) is 169 Å². The summed E-state index contributed by atoms with van der Waals surface area (Å²) >= 11 is 3.76. The number of benzene rings is 8. The fourth-order valence-electron chi connectivity index (χ4n) is 7.27. The molecule has 220 valence electrons. The predicted octanol–water partition coefficient (Wildman–Crippen LogP) is 13.9. The van der Waals surface area contributed by atoms with Gasteiger partial charge < -0.3 is 4.90 Å². The van der Waals surface area contributed by atoms with Crippen LogP contribution in [-0.2, 0) is 0 Å². The van der Waals surface area contributed by atoms with Crippen LogP contribution in [0, 0.1) is 0 Å². The highest BCUT2D eigenvalue weighted by atomic mass is 32.1. The SMILES string of the molecule is c1ccc2c(-c3ccc(N(c4ccc5sc6ccccc6c5c4)c4cccc5sc6c7ccccc7ccc6c45)cc3)cccc2c1. The third kappa shape index (κ3) is 4.21. The van der Waals surface area contributed by atoms with Gasteiger partial charge in [0.2, 0.25) is 0 Å². The summed E-state index contributed by atoms with van der Waals surface area (Å²) in [6.45, 7) is 0. The number of anilines is 3. The third-order valence-electron chi connectivity index (χ3n) is 9.45. The topological polar surface area (TPSA) is 3.24 Å². The van der Waals surface area contributed by atoms with Crippen molar-refractivity contribution in [2.24, 2.45) is 0 Å². The van der Waals surface area contributed by atoms with Crippen LogP contribution in [0.15, 0.2) is 164 Å². The van der Waals surface area contributed by atoms with Gasteiger partial charge in [-0.3, -0.25) is 0 Å². The zero-order valence-corrected chi connectivity index (χ0v) is 27.0. The molecule has 10 aromatic rings. The van der Waals surface area contributed by atoms with Crippen molar-refractivity contribution in [1.29, 1.82) is 0 Å². The Balaban J connectivity index is 1.22. The first-order valence-electron chi connectivity index (χ1n) is 15.9. The van der Waals surface area contributed by atoms with Gasteiger partial charge in [0.25, 0.3) is 0 Å². The average Bonchev–Trinajstić information content (AvgIpc) is 3.71. The first-order chi connectivity index (χ1) is 23.3. The van der Waals surface area contributed by atoms with Crippen molar-refractivity contribution < 1.29 is 0 Å². The summed E-state index contributed by atoms with van der Waals surface area (Å²) in [4.78, 5) is 2.46. The predicted molar refractivity (Wildman–Crippen MR) is 207 cm³/mol. The van der Waals surface area contributed by atoms with Crippen molar-refractivity contribution in [3.05, 3.63) is 164 Å². The molecule has 0 aliphatic rings. The van der Waals surface area contributed by atoms with Gasteiger partial charge in [-0.2, -0.15) is 0 Å². The molecule has 47 heavy (non-hydrogen) atoms. The second-order valence-electron chi connectivity index (χ2n) is 12.1. The summed E-state index contributed by atoms with van der Waals surface area (Å²) in [6.07, 6.45) is 0. The average molecular weight is 634 g/mol. The Morgan fingerprint density at radius 1 is 0.383 bits per heavy atom. The summed E-state index contributed by atoms with van der Waals surface area (Å²) < 4.78 is 5.28. The van der Waals surface area contributed by atoms with Gasteiger partial charge >= 0.3 is 0 Å². The van der Waals surface area contributed by atoms with E-state index >= 15 is 0 Å². The summed E-state index contributed by atoms with van der Waals surface area (Å²) in [5.74, 6) is 0. The van der Waals surface area contributed by atoms with Crippen LogP contribution in [0.3, 0.4) is 0 Å². The number of nitrogens with zero attached hydrogens (tertiary/aromatic N) is 1. The normalized spacial score (nSPS) is 11.8. The van der Waals surface area contributed by atoms with E-state index < -0.39 is 0 Å². The Morgan fingerprint density at radius 3 is 1.91 bits per heavy atom. The van der Waals surface area contributed by atoms with E-state index in [9.17, 15) is 0 Å². The van der Waals surface area contributed by atoms with Gasteiger partial charge in [-0.25, -0.2) is 0 Å². The minimum atomic E-state index is 1.14. The number of fused-ring (bicyclic) bond motifs is 9. The third-order valence-corrected chi connectivity index (χ3v) is 11.8. The van der Waals surface area contributed by atoms with Crippen molar-refractivity contribution in [3.8, 4) is 11.1 Å². The van der Waals surface area contributed by atoms with E-state index in [0.29, 0.717) is 0 Å². The molecule has 2 heterocycles. The first kappa shape index (κ1) is 26.7. The lowest BCUT2D eigenvalue weighted by molar-refractivity contribution is 1.31. The molecule has 0 spiro atoms. The molecule has 0 saturated carbocycles. The van der Waals surface area contributed by atoms with Gasteiger partial charge in [0.15, 0.2) is 0 Å². The zero-order valence-electron chi connectivity index (χ0n) is 25.4. The molecule has 0 saturated heterocycles. The quantitative estimate of drug-likeness (QED) is 0.186. The molecule has 0 N–H and O–H groups in total. The Labute approximate surface area is 280 Å². The van der Waals surface area contributed by atoms with E-state index in [0.717, 1.165) is 11.4 Å². The number of hydrogen-bond acceptors (Lipinski definition) is 3. The molecule has 2 aromatic heterocycles. The summed E-state index contributed by atoms with van der Waals surface area (Å²) in [7, 11) is 0. The maximum absolute atomic E-state index is 2.46. The van der Waals surface area contributed by atoms with Gasteiger partial charge in [-0.1, -0.05) is 115 Å². The number of thiophene rings is 2. The largest absolute Gasteiger partial charge is 0.310 e. The van der Waals surface area contributed by atoms with Crippen molar-refractivity contribution in [2.45, 2.75) is 0 Å². The molecule has 0 aliphatic carbocycles. The minimum Gasteiger partial charge on any atom is -0.310 e. The highest BCUT2D eigenvalue weighted by molar-refractivity contribution is 7.27. The Kier molecular flexibility index (Phi) is 5.98. The molecular weight excluding hydrogens is 607 g/mol. The van der Waals surface area contributed by atoms with Gasteiger partial charge in [0.1, 0.15) is 0 Å². The van der Waals surface area contributed by atoms with E-state index in [1.807, 2.05) is 22.7 Å². The van der Waals surface area contributed by atoms with Gasteiger partial charge in [-0.05, 0) is 81.2 Å². The standard InChI is InChI=1S/C44H27NS2/c1-3-12-33-28(9-1)11-7-15-34(33)30-19-22-31(23-20-30)45(32-24-26-41-38(27-32)36-14-5-6-17-40(36)46-41)39-16-8-18-42-43(39)37-25-21-29-10-2-4-13-35(29)44(37)47-42/h1-27H. The first-order valence-corrected chi connectivity index (χ1v) is 17.6. The molecule has 1 nitrogen and oxygen atoms in total. The maximum atomic E-state index is 2.46. The maximum Gasteiger partial charge on any atom is 0.0554 e. The van der Waals surface area contributed by atoms with Crippen molar-refractivity contribution in [2.75, 3.05) is 4.90 Å². The van der Waals surface area contributed by atoms with E-state index in [4.69, 9.17) is 0 Å². The monoisotopic (exact) mass is 633 g/mol. The second kappa shape index (κ2) is 10.5. The van der Waals surface area contributed by atoms with Crippen LogP contribution in [0.4, 0.5) is 17.1 Å². The van der Waals surface area contributed by atoms with E-state index in [1.165, 1.54) is 78.7 Å². The molecular formula is C44H27NS2. The number of rotatable bonds is 4. The molecule has 10 rings (SSSR count). The highest BCUT2D eigenvalue weighted by Crippen LogP contribution is 2.48. The molecule has 0 fully saturated rings. The zero-order chi connectivity index (χ0) is 30.9. The van der Waals surface area contributed by atoms with Crippen molar-refractivity contribution in [1.82, 2.24) is 0 Å². The van der Waals surface area contributed by atoms with Crippen LogP contribution in [0.5, 0.6) is 0 Å². The lowest BCUT2D eigenvalue weighted by atomic mass is 9.98. The highest BCUT2D eigenvalue weighted by Gasteiger charge is 2.20. The second-order valence-corrected chi connectivity index (χ2v) is 14.2. The molecule has 0 atom stereocenters. The van der Waals surface area contributed by atoms with Crippen LogP contribution in [0.25, 0.3) is 73.0 Å². The fourth-order valence-corrected chi connectivity index (χ4v) is 9.61. The summed E-state index contributed by atoms with van der Waals surface area (Å²) in [5.41, 5.74) is 5.97. The smallest absolute Gasteiger partial charge is 0.0554 e. The molecule has 0 radical (unpaired) electrons.